The van der Waals surface area contributed by atoms with Gasteiger partial charge in [0.2, 0.25) is 0 Å². The molecule has 0 spiro atoms. The van der Waals surface area contributed by atoms with Crippen LogP contribution in [0.15, 0.2) is 0 Å². The summed E-state index contributed by atoms with van der Waals surface area (Å²) in [7, 11) is 0. The van der Waals surface area contributed by atoms with Crippen LogP contribution in [0.5, 0.6) is 0 Å². The molecule has 4 saturated heterocycles. The maximum Gasteiger partial charge on any atom is 0.0823 e. The van der Waals surface area contributed by atoms with Gasteiger partial charge in [-0.2, -0.15) is 0 Å². The largest absolute Gasteiger partial charge is 0.142 e. The van der Waals surface area contributed by atoms with Crippen LogP contribution >= 0.6 is 94.1 Å². The molecule has 0 aromatic carbocycles. The SMILES string of the molecule is CCCSC1(C(C2(SCCC)CS2)(C2(SCCC)CS2)C2(SCCC)CS2)CS1. The van der Waals surface area contributed by atoms with Gasteiger partial charge in [0.15, 0.2) is 0 Å². The van der Waals surface area contributed by atoms with Gasteiger partial charge < -0.3 is 0 Å². The van der Waals surface area contributed by atoms with Crippen molar-refractivity contribution in [1.82, 2.24) is 0 Å². The van der Waals surface area contributed by atoms with Crippen molar-refractivity contribution in [1.29, 1.82) is 0 Å². The van der Waals surface area contributed by atoms with Crippen LogP contribution in [0.4, 0.5) is 0 Å². The molecule has 29 heavy (non-hydrogen) atoms. The molecule has 0 aromatic heterocycles. The minimum Gasteiger partial charge on any atom is -0.142 e. The van der Waals surface area contributed by atoms with Crippen LogP contribution in [0.25, 0.3) is 0 Å². The molecule has 4 fully saturated rings. The molecule has 0 aliphatic carbocycles. The Labute approximate surface area is 213 Å². The maximum atomic E-state index is 2.38. The molecular formula is C21H36S8. The molecule has 4 heterocycles. The van der Waals surface area contributed by atoms with E-state index in [0.717, 1.165) is 0 Å². The highest BCUT2D eigenvalue weighted by Crippen LogP contribution is 2.93. The summed E-state index contributed by atoms with van der Waals surface area (Å²) in [5, 5.41) is 0. The zero-order valence-corrected chi connectivity index (χ0v) is 24.8. The van der Waals surface area contributed by atoms with E-state index < -0.39 is 0 Å². The number of thioether (sulfide) groups is 8. The van der Waals surface area contributed by atoms with E-state index in [2.05, 4.69) is 122 Å². The molecule has 4 unspecified atom stereocenters. The van der Waals surface area contributed by atoms with Crippen molar-refractivity contribution in [2.45, 2.75) is 69.7 Å². The summed E-state index contributed by atoms with van der Waals surface area (Å²) in [5.41, 5.74) is 0.435. The van der Waals surface area contributed by atoms with Crippen LogP contribution in [-0.4, -0.2) is 62.3 Å². The van der Waals surface area contributed by atoms with Crippen molar-refractivity contribution in [3.63, 3.8) is 0 Å². The van der Waals surface area contributed by atoms with Crippen molar-refractivity contribution in [3.8, 4) is 0 Å². The summed E-state index contributed by atoms with van der Waals surface area (Å²) in [4.78, 5) is 0. The molecule has 0 nitrogen and oxygen atoms in total. The van der Waals surface area contributed by atoms with Crippen LogP contribution in [0, 0.1) is 5.41 Å². The summed E-state index contributed by atoms with van der Waals surface area (Å²) in [6, 6.07) is 0. The molecule has 0 aromatic rings. The fourth-order valence-electron chi connectivity index (χ4n) is 4.70. The van der Waals surface area contributed by atoms with Crippen molar-refractivity contribution in [2.24, 2.45) is 5.41 Å². The Morgan fingerprint density at radius 3 is 0.862 bits per heavy atom. The van der Waals surface area contributed by atoms with Crippen LogP contribution in [-0.2, 0) is 0 Å². The van der Waals surface area contributed by atoms with Gasteiger partial charge in [-0.25, -0.2) is 0 Å². The summed E-state index contributed by atoms with van der Waals surface area (Å²) >= 11 is 18.9. The first-order chi connectivity index (χ1) is 14.1. The molecule has 8 heteroatoms. The Morgan fingerprint density at radius 1 is 0.517 bits per heavy atom. The topological polar surface area (TPSA) is 0 Å². The molecule has 4 atom stereocenters. The second kappa shape index (κ2) is 9.81. The quantitative estimate of drug-likeness (QED) is 0.176. The average molecular weight is 545 g/mol. The van der Waals surface area contributed by atoms with Crippen LogP contribution < -0.4 is 0 Å². The van der Waals surface area contributed by atoms with E-state index in [-0.39, 0.29) is 0 Å². The molecule has 0 saturated carbocycles. The summed E-state index contributed by atoms with van der Waals surface area (Å²) in [5.74, 6) is 11.0. The highest BCUT2D eigenvalue weighted by atomic mass is 32.2. The molecule has 0 amide bonds. The Hall–Kier alpha value is 2.80. The minimum atomic E-state index is 0.435. The van der Waals surface area contributed by atoms with Gasteiger partial charge in [0.1, 0.15) is 0 Å². The highest BCUT2D eigenvalue weighted by Gasteiger charge is 2.91. The average Bonchev–Trinajstić information content (AvgIpc) is 3.58. The first kappa shape index (κ1) is 24.9. The van der Waals surface area contributed by atoms with E-state index in [9.17, 15) is 0 Å². The van der Waals surface area contributed by atoms with Gasteiger partial charge in [0.05, 0.1) is 21.7 Å². The Balaban J connectivity index is 1.81. The van der Waals surface area contributed by atoms with Crippen molar-refractivity contribution < 1.29 is 0 Å². The lowest BCUT2D eigenvalue weighted by atomic mass is 9.75. The predicted molar refractivity (Wildman–Crippen MR) is 154 cm³/mol. The fourth-order valence-corrected chi connectivity index (χ4v) is 20.1. The molecule has 168 valence electrons. The lowest BCUT2D eigenvalue weighted by molar-refractivity contribution is 0.277. The highest BCUT2D eigenvalue weighted by molar-refractivity contribution is 8.30. The van der Waals surface area contributed by atoms with Gasteiger partial charge in [-0.1, -0.05) is 27.7 Å². The predicted octanol–water partition coefficient (Wildman–Crippen LogP) is 8.32. The third kappa shape index (κ3) is 4.11. The van der Waals surface area contributed by atoms with E-state index in [1.165, 1.54) is 71.7 Å². The van der Waals surface area contributed by atoms with Gasteiger partial charge >= 0.3 is 0 Å². The van der Waals surface area contributed by atoms with Gasteiger partial charge in [-0.15, -0.1) is 94.1 Å². The second-order valence-electron chi connectivity index (χ2n) is 8.31. The lowest BCUT2D eigenvalue weighted by Gasteiger charge is -2.54. The Kier molecular flexibility index (Phi) is 8.43. The Bertz CT molecular complexity index is 462. The smallest absolute Gasteiger partial charge is 0.0823 e. The zero-order chi connectivity index (χ0) is 20.6. The molecule has 0 radical (unpaired) electrons. The second-order valence-corrected chi connectivity index (χ2v) is 20.0. The third-order valence-electron chi connectivity index (χ3n) is 6.07. The van der Waals surface area contributed by atoms with E-state index in [0.29, 0.717) is 21.7 Å². The first-order valence-electron chi connectivity index (χ1n) is 11.2. The number of rotatable bonds is 16. The third-order valence-corrected chi connectivity index (χ3v) is 20.3. The normalized spacial score (nSPS) is 41.8. The van der Waals surface area contributed by atoms with Crippen molar-refractivity contribution >= 4 is 94.1 Å². The lowest BCUT2D eigenvalue weighted by Crippen LogP contribution is -2.62. The zero-order valence-electron chi connectivity index (χ0n) is 18.3. The van der Waals surface area contributed by atoms with Gasteiger partial charge in [0.25, 0.3) is 0 Å². The van der Waals surface area contributed by atoms with Gasteiger partial charge in [-0.3, -0.25) is 0 Å². The molecule has 0 N–H and O–H groups in total. The van der Waals surface area contributed by atoms with Crippen LogP contribution in [0.1, 0.15) is 53.4 Å². The van der Waals surface area contributed by atoms with Crippen molar-refractivity contribution in [3.05, 3.63) is 0 Å². The standard InChI is InChI=1S/C21H36S8/c1-5-9-22-17(13-26-17)21(18(14-27-18)23-10-6-2,19(15-28-19)24-11-7-3)20(16-29-20)25-12-8-4/h5-16H2,1-4H3. The van der Waals surface area contributed by atoms with E-state index >= 15 is 0 Å². The van der Waals surface area contributed by atoms with Gasteiger partial charge in [-0.05, 0) is 48.7 Å². The first-order valence-corrected chi connectivity index (χ1v) is 19.1. The van der Waals surface area contributed by atoms with E-state index in [1.54, 1.807) is 0 Å². The van der Waals surface area contributed by atoms with E-state index in [1.807, 2.05) is 0 Å². The molecular weight excluding hydrogens is 509 g/mol. The van der Waals surface area contributed by atoms with Crippen LogP contribution in [0.3, 0.4) is 0 Å². The van der Waals surface area contributed by atoms with E-state index in [4.69, 9.17) is 0 Å². The maximum absolute atomic E-state index is 2.38. The summed E-state index contributed by atoms with van der Waals surface area (Å²) < 4.78 is 1.84. The molecule has 4 rings (SSSR count). The van der Waals surface area contributed by atoms with Crippen LogP contribution in [0.2, 0.25) is 0 Å². The number of hydrogen-bond donors (Lipinski definition) is 0. The molecule has 4 aliphatic heterocycles. The molecule has 4 aliphatic rings. The fraction of sp³-hybridized carbons (Fsp3) is 1.00. The monoisotopic (exact) mass is 544 g/mol. The summed E-state index contributed by atoms with van der Waals surface area (Å²) in [6.45, 7) is 9.52. The Morgan fingerprint density at radius 2 is 0.724 bits per heavy atom. The minimum absolute atomic E-state index is 0.435. The summed E-state index contributed by atoms with van der Waals surface area (Å²) in [6.07, 6.45) is 5.26. The van der Waals surface area contributed by atoms with Crippen molar-refractivity contribution in [2.75, 3.05) is 46.0 Å². The van der Waals surface area contributed by atoms with Gasteiger partial charge in [0, 0.05) is 23.0 Å². The number of hydrogen-bond acceptors (Lipinski definition) is 8. The molecule has 0 bridgehead atoms.